The van der Waals surface area contributed by atoms with Gasteiger partial charge < -0.3 is 15.9 Å². The molecule has 0 heterocycles. The van der Waals surface area contributed by atoms with Crippen LogP contribution in [0.4, 0.5) is 0 Å². The van der Waals surface area contributed by atoms with E-state index < -0.39 is 18.0 Å². The summed E-state index contributed by atoms with van der Waals surface area (Å²) in [5, 5.41) is 16.3. The molecule has 0 aliphatic rings. The molecule has 24 heavy (non-hydrogen) atoms. The van der Waals surface area contributed by atoms with Gasteiger partial charge in [-0.3, -0.25) is 9.59 Å². The van der Waals surface area contributed by atoms with Crippen molar-refractivity contribution in [2.24, 2.45) is 5.73 Å². The smallest absolute Gasteiger partial charge is 0.320 e. The number of carboxylic acids is 2. The number of aliphatic carboxylic acids is 2. The fourth-order valence-corrected chi connectivity index (χ4v) is 2.82. The van der Waals surface area contributed by atoms with Gasteiger partial charge in [-0.1, -0.05) is 6.92 Å². The molecule has 0 aromatic carbocycles. The summed E-state index contributed by atoms with van der Waals surface area (Å²) in [6, 6.07) is -1.06. The van der Waals surface area contributed by atoms with Crippen LogP contribution in [0.15, 0.2) is 0 Å². The number of hydrogen-bond donors (Lipinski definition) is 3. The summed E-state index contributed by atoms with van der Waals surface area (Å²) in [6.45, 7) is 2.29. The van der Waals surface area contributed by atoms with Gasteiger partial charge in [-0.2, -0.15) is 0 Å². The number of rotatable bonds is 15. The van der Waals surface area contributed by atoms with Crippen molar-refractivity contribution in [2.45, 2.75) is 100 Å². The predicted octanol–water partition coefficient (Wildman–Crippen LogP) is 4.15. The molecule has 1 unspecified atom stereocenters. The summed E-state index contributed by atoms with van der Waals surface area (Å²) in [6.07, 6.45) is 16.0. The molecule has 0 spiro atoms. The normalized spacial score (nSPS) is 11.5. The van der Waals surface area contributed by atoms with Crippen LogP contribution in [0.5, 0.6) is 0 Å². The van der Waals surface area contributed by atoms with Crippen molar-refractivity contribution < 1.29 is 19.8 Å². The summed E-state index contributed by atoms with van der Waals surface area (Å²) in [4.78, 5) is 19.9. The van der Waals surface area contributed by atoms with E-state index in [4.69, 9.17) is 15.9 Å². The van der Waals surface area contributed by atoms with Crippen LogP contribution in [0.3, 0.4) is 0 Å². The van der Waals surface area contributed by atoms with E-state index >= 15 is 0 Å². The standard InChI is InChI=1S/C13H27.C5H9NO4.Na/c1-3-5-7-9-11-13-12-10-8-6-4-2;6-3(5(9)10)1-2-4(7)8;/h1,3-13H2,2H3;3H,1-2,6H2,(H,7,8)(H,9,10);. The zero-order valence-corrected chi connectivity index (χ0v) is 17.8. The number of nitrogens with two attached hydrogens (primary N) is 1. The van der Waals surface area contributed by atoms with Crippen molar-refractivity contribution in [3.05, 3.63) is 0 Å². The first kappa shape index (κ1) is 26.1. The van der Waals surface area contributed by atoms with Gasteiger partial charge in [0.15, 0.2) is 0 Å². The van der Waals surface area contributed by atoms with E-state index in [2.05, 4.69) is 6.92 Å². The van der Waals surface area contributed by atoms with E-state index in [1.165, 1.54) is 102 Å². The average molecular weight is 353 g/mol. The second kappa shape index (κ2) is 20.9. The second-order valence-electron chi connectivity index (χ2n) is 6.41. The summed E-state index contributed by atoms with van der Waals surface area (Å²) < 4.78 is 1.51. The minimum absolute atomic E-state index is 0.0231. The third kappa shape index (κ3) is 24.2. The third-order valence-electron chi connectivity index (χ3n) is 3.94. The summed E-state index contributed by atoms with van der Waals surface area (Å²) in [5.41, 5.74) is 5.00. The molecule has 4 N–H and O–H groups in total. The SMILES string of the molecule is CCCCCCCCCCCC[CH2][Na].NC(CCC(=O)O)C(=O)O. The summed E-state index contributed by atoms with van der Waals surface area (Å²) >= 11 is 1.41. The van der Waals surface area contributed by atoms with Crippen LogP contribution in [0.25, 0.3) is 0 Å². The minimum Gasteiger partial charge on any atom is -0.481 e. The Balaban J connectivity index is 0. The van der Waals surface area contributed by atoms with E-state index in [0.717, 1.165) is 0 Å². The molecule has 0 fully saturated rings. The van der Waals surface area contributed by atoms with Gasteiger partial charge in [-0.05, 0) is 6.42 Å². The molecule has 5 nitrogen and oxygen atoms in total. The van der Waals surface area contributed by atoms with Gasteiger partial charge in [0.25, 0.3) is 0 Å². The quantitative estimate of drug-likeness (QED) is 0.303. The van der Waals surface area contributed by atoms with Crippen LogP contribution in [0.2, 0.25) is 3.67 Å². The molecule has 0 aliphatic heterocycles. The number of hydrogen-bond acceptors (Lipinski definition) is 3. The van der Waals surface area contributed by atoms with Gasteiger partial charge in [-0.25, -0.2) is 0 Å². The molecule has 0 radical (unpaired) electrons. The first-order chi connectivity index (χ1) is 11.5. The molecule has 0 aliphatic carbocycles. The van der Waals surface area contributed by atoms with E-state index in [1.807, 2.05) is 0 Å². The Morgan fingerprint density at radius 3 is 1.62 bits per heavy atom. The number of unbranched alkanes of at least 4 members (excludes halogenated alkanes) is 10. The Morgan fingerprint density at radius 2 is 1.29 bits per heavy atom. The maximum Gasteiger partial charge on any atom is 0.320 e. The van der Waals surface area contributed by atoms with Crippen molar-refractivity contribution >= 4 is 39.9 Å². The molecule has 0 aromatic rings. The molecule has 0 amide bonds. The molecule has 6 heteroatoms. The van der Waals surface area contributed by atoms with Crippen molar-refractivity contribution in [3.63, 3.8) is 0 Å². The molecular formula is C18H36NNaO4. The topological polar surface area (TPSA) is 101 Å². The Hall–Kier alpha value is -0.100. The van der Waals surface area contributed by atoms with Crippen molar-refractivity contribution in [1.29, 1.82) is 0 Å². The predicted molar refractivity (Wildman–Crippen MR) is 99.5 cm³/mol. The van der Waals surface area contributed by atoms with Crippen LogP contribution in [-0.2, 0) is 9.59 Å². The van der Waals surface area contributed by atoms with Crippen molar-refractivity contribution in [3.8, 4) is 0 Å². The first-order valence-corrected chi connectivity index (χ1v) is 11.1. The first-order valence-electron chi connectivity index (χ1n) is 9.65. The van der Waals surface area contributed by atoms with Gasteiger partial charge in [0.1, 0.15) is 6.04 Å². The van der Waals surface area contributed by atoms with E-state index in [9.17, 15) is 9.59 Å². The second-order valence-corrected chi connectivity index (χ2v) is 7.41. The van der Waals surface area contributed by atoms with Crippen molar-refractivity contribution in [1.82, 2.24) is 0 Å². The van der Waals surface area contributed by atoms with E-state index in [-0.39, 0.29) is 12.8 Å². The van der Waals surface area contributed by atoms with E-state index in [0.29, 0.717) is 0 Å². The maximum absolute atomic E-state index is 9.99. The molecule has 0 rings (SSSR count). The Bertz CT molecular complexity index is 289. The van der Waals surface area contributed by atoms with Gasteiger partial charge in [0, 0.05) is 6.42 Å². The molecule has 0 bridgehead atoms. The summed E-state index contributed by atoms with van der Waals surface area (Å²) in [5.74, 6) is -2.20. The van der Waals surface area contributed by atoms with Gasteiger partial charge >= 0.3 is 114 Å². The Labute approximate surface area is 165 Å². The minimum atomic E-state index is -1.17. The number of carboxylic acid groups (broad SMARTS) is 2. The third-order valence-corrected chi connectivity index (χ3v) is 4.65. The molecule has 0 saturated carbocycles. The molecule has 138 valence electrons. The molecule has 0 aromatic heterocycles. The Morgan fingerprint density at radius 1 is 0.875 bits per heavy atom. The molecule has 1 atom stereocenters. The molecule has 0 saturated heterocycles. The van der Waals surface area contributed by atoms with E-state index in [1.54, 1.807) is 0 Å². The zero-order valence-electron chi connectivity index (χ0n) is 15.8. The monoisotopic (exact) mass is 353 g/mol. The van der Waals surface area contributed by atoms with Crippen molar-refractivity contribution in [2.75, 3.05) is 0 Å². The maximum atomic E-state index is 9.99. The largest absolute Gasteiger partial charge is 0.481 e. The zero-order chi connectivity index (χ0) is 18.6. The molecular weight excluding hydrogens is 317 g/mol. The Kier molecular flexibility index (Phi) is 22.8. The van der Waals surface area contributed by atoms with Gasteiger partial charge in [0.05, 0.1) is 0 Å². The van der Waals surface area contributed by atoms with Crippen LogP contribution >= 0.6 is 0 Å². The fraction of sp³-hybridized carbons (Fsp3) is 0.889. The summed E-state index contributed by atoms with van der Waals surface area (Å²) in [7, 11) is 0. The van der Waals surface area contributed by atoms with Crippen LogP contribution < -0.4 is 5.73 Å². The van der Waals surface area contributed by atoms with Gasteiger partial charge in [0.2, 0.25) is 0 Å². The fourth-order valence-electron chi connectivity index (χ4n) is 2.32. The van der Waals surface area contributed by atoms with Gasteiger partial charge in [-0.15, -0.1) is 0 Å². The van der Waals surface area contributed by atoms with Crippen LogP contribution in [0, 0.1) is 0 Å². The van der Waals surface area contributed by atoms with Crippen LogP contribution in [0.1, 0.15) is 90.4 Å². The number of carbonyl (C=O) groups is 2. The van der Waals surface area contributed by atoms with Crippen LogP contribution in [-0.4, -0.2) is 56.1 Å². The average Bonchev–Trinajstić information content (AvgIpc) is 2.55.